The Morgan fingerprint density at radius 1 is 1.22 bits per heavy atom. The fourth-order valence-corrected chi connectivity index (χ4v) is 2.28. The van der Waals surface area contributed by atoms with Gasteiger partial charge in [0.1, 0.15) is 0 Å². The fraction of sp³-hybridized carbons (Fsp3) is 0.235. The normalized spacial score (nSPS) is 10.2. The molecule has 0 aliphatic carbocycles. The number of esters is 1. The average Bonchev–Trinajstić information content (AvgIpc) is 2.60. The molecular formula is C17H17ClN2O3. The van der Waals surface area contributed by atoms with Gasteiger partial charge in [0.2, 0.25) is 0 Å². The van der Waals surface area contributed by atoms with Crippen molar-refractivity contribution in [3.05, 3.63) is 64.9 Å². The van der Waals surface area contributed by atoms with Crippen molar-refractivity contribution < 1.29 is 14.3 Å². The van der Waals surface area contributed by atoms with Crippen LogP contribution in [0.15, 0.2) is 48.8 Å². The lowest BCUT2D eigenvalue weighted by molar-refractivity contribution is -0.140. The summed E-state index contributed by atoms with van der Waals surface area (Å²) in [4.78, 5) is 29.6. The highest BCUT2D eigenvalue weighted by Gasteiger charge is 2.18. The van der Waals surface area contributed by atoms with Crippen LogP contribution in [0, 0.1) is 0 Å². The van der Waals surface area contributed by atoms with Crippen LogP contribution in [0.1, 0.15) is 22.3 Å². The SMILES string of the molecule is COC(=O)CCN(Cc1ccccc1Cl)C(=O)c1cccnc1. The number of aromatic nitrogens is 1. The highest BCUT2D eigenvalue weighted by Crippen LogP contribution is 2.18. The number of nitrogens with zero attached hydrogens (tertiary/aromatic N) is 2. The summed E-state index contributed by atoms with van der Waals surface area (Å²) in [5.41, 5.74) is 1.28. The summed E-state index contributed by atoms with van der Waals surface area (Å²) in [6.45, 7) is 0.552. The number of hydrogen-bond acceptors (Lipinski definition) is 4. The van der Waals surface area contributed by atoms with Crippen LogP contribution in [-0.4, -0.2) is 35.4 Å². The molecule has 0 aliphatic heterocycles. The second kappa shape index (κ2) is 8.29. The molecule has 0 bridgehead atoms. The van der Waals surface area contributed by atoms with Crippen molar-refractivity contribution in [2.24, 2.45) is 0 Å². The predicted octanol–water partition coefficient (Wildman–Crippen LogP) is 2.94. The zero-order valence-electron chi connectivity index (χ0n) is 12.7. The molecule has 2 rings (SSSR count). The summed E-state index contributed by atoms with van der Waals surface area (Å²) in [5, 5.41) is 0.578. The summed E-state index contributed by atoms with van der Waals surface area (Å²) in [6.07, 6.45) is 3.22. The molecule has 0 radical (unpaired) electrons. The Morgan fingerprint density at radius 3 is 2.65 bits per heavy atom. The van der Waals surface area contributed by atoms with Gasteiger partial charge in [-0.1, -0.05) is 29.8 Å². The lowest BCUT2D eigenvalue weighted by Gasteiger charge is -2.23. The second-order valence-electron chi connectivity index (χ2n) is 4.89. The highest BCUT2D eigenvalue weighted by atomic mass is 35.5. The molecule has 1 heterocycles. The number of halogens is 1. The summed E-state index contributed by atoms with van der Waals surface area (Å²) in [5.74, 6) is -0.574. The number of carbonyl (C=O) groups is 2. The van der Waals surface area contributed by atoms with E-state index in [4.69, 9.17) is 11.6 Å². The molecule has 1 aromatic carbocycles. The van der Waals surface area contributed by atoms with E-state index in [1.807, 2.05) is 18.2 Å². The van der Waals surface area contributed by atoms with Crippen molar-refractivity contribution >= 4 is 23.5 Å². The van der Waals surface area contributed by atoms with Crippen LogP contribution >= 0.6 is 11.6 Å². The van der Waals surface area contributed by atoms with Crippen molar-refractivity contribution in [1.82, 2.24) is 9.88 Å². The molecule has 0 unspecified atom stereocenters. The van der Waals surface area contributed by atoms with Crippen molar-refractivity contribution in [2.45, 2.75) is 13.0 Å². The molecular weight excluding hydrogens is 316 g/mol. The number of benzene rings is 1. The van der Waals surface area contributed by atoms with Crippen LogP contribution in [0.5, 0.6) is 0 Å². The number of methoxy groups -OCH3 is 1. The second-order valence-corrected chi connectivity index (χ2v) is 5.29. The van der Waals surface area contributed by atoms with Crippen LogP contribution in [0.2, 0.25) is 5.02 Å². The van der Waals surface area contributed by atoms with Gasteiger partial charge in [-0.3, -0.25) is 14.6 Å². The molecule has 0 saturated carbocycles. The number of carbonyl (C=O) groups excluding carboxylic acids is 2. The molecule has 0 atom stereocenters. The molecule has 5 nitrogen and oxygen atoms in total. The maximum Gasteiger partial charge on any atom is 0.307 e. The van der Waals surface area contributed by atoms with Crippen LogP contribution in [-0.2, 0) is 16.1 Å². The molecule has 1 aromatic heterocycles. The molecule has 0 fully saturated rings. The fourth-order valence-electron chi connectivity index (χ4n) is 2.08. The number of hydrogen-bond donors (Lipinski definition) is 0. The molecule has 0 spiro atoms. The van der Waals surface area contributed by atoms with Crippen molar-refractivity contribution in [1.29, 1.82) is 0 Å². The van der Waals surface area contributed by atoms with Gasteiger partial charge in [-0.05, 0) is 23.8 Å². The van der Waals surface area contributed by atoms with Gasteiger partial charge in [-0.25, -0.2) is 0 Å². The molecule has 1 amide bonds. The van der Waals surface area contributed by atoms with Gasteiger partial charge in [0, 0.05) is 30.5 Å². The number of amides is 1. The molecule has 120 valence electrons. The van der Waals surface area contributed by atoms with E-state index in [-0.39, 0.29) is 24.8 Å². The highest BCUT2D eigenvalue weighted by molar-refractivity contribution is 6.31. The minimum atomic E-state index is -0.367. The van der Waals surface area contributed by atoms with E-state index in [2.05, 4.69) is 9.72 Å². The molecule has 0 N–H and O–H groups in total. The standard InChI is InChI=1S/C17H17ClN2O3/c1-23-16(21)8-10-20(12-14-5-2-3-7-15(14)18)17(22)13-6-4-9-19-11-13/h2-7,9,11H,8,10,12H2,1H3. The lowest BCUT2D eigenvalue weighted by Crippen LogP contribution is -2.33. The van der Waals surface area contributed by atoms with E-state index in [0.29, 0.717) is 17.1 Å². The van der Waals surface area contributed by atoms with Crippen LogP contribution in [0.3, 0.4) is 0 Å². The van der Waals surface area contributed by atoms with E-state index >= 15 is 0 Å². The van der Waals surface area contributed by atoms with Gasteiger partial charge < -0.3 is 9.64 Å². The zero-order valence-corrected chi connectivity index (χ0v) is 13.5. The Morgan fingerprint density at radius 2 is 2.00 bits per heavy atom. The molecule has 0 saturated heterocycles. The summed E-state index contributed by atoms with van der Waals surface area (Å²) in [6, 6.07) is 10.7. The quantitative estimate of drug-likeness (QED) is 0.763. The third-order valence-electron chi connectivity index (χ3n) is 3.33. The van der Waals surface area contributed by atoms with Crippen LogP contribution < -0.4 is 0 Å². The molecule has 6 heteroatoms. The summed E-state index contributed by atoms with van der Waals surface area (Å²) in [7, 11) is 1.32. The van der Waals surface area contributed by atoms with Crippen molar-refractivity contribution in [3.63, 3.8) is 0 Å². The third kappa shape index (κ3) is 4.79. The Hall–Kier alpha value is -2.40. The first-order valence-electron chi connectivity index (χ1n) is 7.11. The monoisotopic (exact) mass is 332 g/mol. The van der Waals surface area contributed by atoms with Gasteiger partial charge in [-0.2, -0.15) is 0 Å². The van der Waals surface area contributed by atoms with Gasteiger partial charge in [0.05, 0.1) is 19.1 Å². The van der Waals surface area contributed by atoms with E-state index in [1.165, 1.54) is 13.3 Å². The average molecular weight is 333 g/mol. The maximum absolute atomic E-state index is 12.7. The minimum Gasteiger partial charge on any atom is -0.469 e. The van der Waals surface area contributed by atoms with E-state index in [9.17, 15) is 9.59 Å². The van der Waals surface area contributed by atoms with E-state index < -0.39 is 0 Å². The Kier molecular flexibility index (Phi) is 6.11. The number of ether oxygens (including phenoxy) is 1. The largest absolute Gasteiger partial charge is 0.469 e. The smallest absolute Gasteiger partial charge is 0.307 e. The number of rotatable bonds is 6. The van der Waals surface area contributed by atoms with Gasteiger partial charge in [0.15, 0.2) is 0 Å². The first kappa shape index (κ1) is 17.0. The molecule has 23 heavy (non-hydrogen) atoms. The van der Waals surface area contributed by atoms with Crippen LogP contribution in [0.25, 0.3) is 0 Å². The van der Waals surface area contributed by atoms with Gasteiger partial charge >= 0.3 is 5.97 Å². The van der Waals surface area contributed by atoms with Gasteiger partial charge in [-0.15, -0.1) is 0 Å². The first-order valence-corrected chi connectivity index (χ1v) is 7.49. The first-order chi connectivity index (χ1) is 11.1. The number of pyridine rings is 1. The predicted molar refractivity (Wildman–Crippen MR) is 87.1 cm³/mol. The topological polar surface area (TPSA) is 59.5 Å². The molecule has 0 aliphatic rings. The molecule has 2 aromatic rings. The van der Waals surface area contributed by atoms with Crippen LogP contribution in [0.4, 0.5) is 0 Å². The Labute approximate surface area is 139 Å². The lowest BCUT2D eigenvalue weighted by atomic mass is 10.1. The van der Waals surface area contributed by atoms with Crippen molar-refractivity contribution in [2.75, 3.05) is 13.7 Å². The summed E-state index contributed by atoms with van der Waals surface area (Å²) < 4.78 is 4.64. The minimum absolute atomic E-state index is 0.118. The third-order valence-corrected chi connectivity index (χ3v) is 3.70. The van der Waals surface area contributed by atoms with E-state index in [0.717, 1.165) is 5.56 Å². The summed E-state index contributed by atoms with van der Waals surface area (Å²) >= 11 is 6.17. The Bertz CT molecular complexity index is 677. The zero-order chi connectivity index (χ0) is 16.7. The van der Waals surface area contributed by atoms with Gasteiger partial charge in [0.25, 0.3) is 5.91 Å². The Balaban J connectivity index is 2.19. The maximum atomic E-state index is 12.7. The van der Waals surface area contributed by atoms with E-state index in [1.54, 1.807) is 29.3 Å². The van der Waals surface area contributed by atoms with Crippen molar-refractivity contribution in [3.8, 4) is 0 Å².